The van der Waals surface area contributed by atoms with Crippen LogP contribution < -0.4 is 5.32 Å². The van der Waals surface area contributed by atoms with Crippen LogP contribution in [0.4, 0.5) is 15.0 Å². The number of carbonyl (C=O) groups is 3. The van der Waals surface area contributed by atoms with Crippen molar-refractivity contribution in [2.75, 3.05) is 18.5 Å². The van der Waals surface area contributed by atoms with Gasteiger partial charge in [0.2, 0.25) is 0 Å². The van der Waals surface area contributed by atoms with Gasteiger partial charge in [-0.15, -0.1) is 0 Å². The average Bonchev–Trinajstić information content (AvgIpc) is 3.33. The predicted octanol–water partition coefficient (Wildman–Crippen LogP) is 5.50. The number of imidazole rings is 1. The summed E-state index contributed by atoms with van der Waals surface area (Å²) in [5.74, 6) is -1.02. The summed E-state index contributed by atoms with van der Waals surface area (Å²) in [4.78, 5) is 51.8. The standard InChI is InChI=1S/C28H32FN5O5/c1-5-38-26(36)23-22(17-9-11-18(12-10-17)25(35)31-21-16-19(29)13-14-30-21)32-24(33-23)20-8-6-7-15-34(20)27(37)39-28(2,3)4/h9-14,16,20H,5-8,15H2,1-4H3,(H,32,33)(H,30,31,35). The van der Waals surface area contributed by atoms with Gasteiger partial charge in [-0.05, 0) is 65.2 Å². The van der Waals surface area contributed by atoms with Gasteiger partial charge < -0.3 is 19.8 Å². The molecule has 1 fully saturated rings. The van der Waals surface area contributed by atoms with Crippen molar-refractivity contribution >= 4 is 23.8 Å². The molecule has 1 aliphatic rings. The van der Waals surface area contributed by atoms with Gasteiger partial charge in [0.05, 0.1) is 12.6 Å². The zero-order valence-corrected chi connectivity index (χ0v) is 22.4. The van der Waals surface area contributed by atoms with E-state index in [0.717, 1.165) is 18.9 Å². The molecule has 0 radical (unpaired) electrons. The maximum absolute atomic E-state index is 13.4. The Hall–Kier alpha value is -4.28. The Morgan fingerprint density at radius 3 is 2.56 bits per heavy atom. The van der Waals surface area contributed by atoms with Crippen LogP contribution in [-0.2, 0) is 9.47 Å². The van der Waals surface area contributed by atoms with Crippen molar-refractivity contribution in [3.63, 3.8) is 0 Å². The monoisotopic (exact) mass is 537 g/mol. The first-order valence-electron chi connectivity index (χ1n) is 12.9. The van der Waals surface area contributed by atoms with Crippen molar-refractivity contribution in [1.82, 2.24) is 19.9 Å². The third-order valence-corrected chi connectivity index (χ3v) is 6.03. The Morgan fingerprint density at radius 1 is 1.15 bits per heavy atom. The Morgan fingerprint density at radius 2 is 1.90 bits per heavy atom. The lowest BCUT2D eigenvalue weighted by atomic mass is 10.0. The van der Waals surface area contributed by atoms with E-state index in [1.54, 1.807) is 36.1 Å². The van der Waals surface area contributed by atoms with Gasteiger partial charge >= 0.3 is 12.1 Å². The number of halogens is 1. The van der Waals surface area contributed by atoms with E-state index in [1.165, 1.54) is 12.3 Å². The second-order valence-electron chi connectivity index (χ2n) is 10.1. The second-order valence-corrected chi connectivity index (χ2v) is 10.1. The van der Waals surface area contributed by atoms with Crippen LogP contribution >= 0.6 is 0 Å². The fourth-order valence-corrected chi connectivity index (χ4v) is 4.31. The van der Waals surface area contributed by atoms with Crippen LogP contribution in [0.25, 0.3) is 11.3 Å². The summed E-state index contributed by atoms with van der Waals surface area (Å²) in [6.07, 6.45) is 3.20. The number of nitrogens with one attached hydrogen (secondary N) is 2. The molecule has 1 saturated heterocycles. The Labute approximate surface area is 225 Å². The van der Waals surface area contributed by atoms with Crippen LogP contribution in [0.2, 0.25) is 0 Å². The highest BCUT2D eigenvalue weighted by atomic mass is 19.1. The van der Waals surface area contributed by atoms with Crippen molar-refractivity contribution in [2.24, 2.45) is 0 Å². The number of piperidine rings is 1. The number of ether oxygens (including phenoxy) is 2. The Kier molecular flexibility index (Phi) is 8.27. The number of amides is 2. The molecule has 1 atom stereocenters. The molecule has 1 unspecified atom stereocenters. The molecule has 39 heavy (non-hydrogen) atoms. The van der Waals surface area contributed by atoms with Gasteiger partial charge in [0.25, 0.3) is 5.91 Å². The molecule has 10 nitrogen and oxygen atoms in total. The van der Waals surface area contributed by atoms with Gasteiger partial charge in [-0.3, -0.25) is 9.69 Å². The summed E-state index contributed by atoms with van der Waals surface area (Å²) < 4.78 is 24.3. The number of hydrogen-bond donors (Lipinski definition) is 2. The van der Waals surface area contributed by atoms with Crippen LogP contribution in [-0.4, -0.2) is 56.6 Å². The number of aromatic nitrogens is 3. The van der Waals surface area contributed by atoms with E-state index in [9.17, 15) is 18.8 Å². The van der Waals surface area contributed by atoms with Gasteiger partial charge in [0.15, 0.2) is 5.69 Å². The first kappa shape index (κ1) is 27.7. The van der Waals surface area contributed by atoms with Crippen molar-refractivity contribution < 1.29 is 28.2 Å². The summed E-state index contributed by atoms with van der Waals surface area (Å²) in [7, 11) is 0. The number of nitrogens with zero attached hydrogens (tertiary/aromatic N) is 3. The number of likely N-dealkylation sites (tertiary alicyclic amines) is 1. The number of rotatable bonds is 6. The lowest BCUT2D eigenvalue weighted by Crippen LogP contribution is -2.42. The number of H-pyrrole nitrogens is 1. The van der Waals surface area contributed by atoms with Crippen molar-refractivity contribution in [3.05, 3.63) is 65.5 Å². The maximum Gasteiger partial charge on any atom is 0.410 e. The Bertz CT molecular complexity index is 1350. The van der Waals surface area contributed by atoms with Gasteiger partial charge in [0, 0.05) is 29.9 Å². The number of anilines is 1. The number of pyridine rings is 1. The molecular weight excluding hydrogens is 505 g/mol. The maximum atomic E-state index is 13.4. The molecule has 206 valence electrons. The SMILES string of the molecule is CCOC(=O)c1[nH]c(C2CCCCN2C(=O)OC(C)(C)C)nc1-c1ccc(C(=O)Nc2cc(F)ccn2)cc1. The van der Waals surface area contributed by atoms with E-state index in [2.05, 4.69) is 15.3 Å². The number of esters is 1. The van der Waals surface area contributed by atoms with Gasteiger partial charge in [-0.25, -0.2) is 23.9 Å². The smallest absolute Gasteiger partial charge is 0.410 e. The lowest BCUT2D eigenvalue weighted by Gasteiger charge is -2.35. The fourth-order valence-electron chi connectivity index (χ4n) is 4.31. The van der Waals surface area contributed by atoms with E-state index in [-0.39, 0.29) is 18.1 Å². The number of carbonyl (C=O) groups excluding carboxylic acids is 3. The highest BCUT2D eigenvalue weighted by Gasteiger charge is 2.34. The summed E-state index contributed by atoms with van der Waals surface area (Å²) >= 11 is 0. The summed E-state index contributed by atoms with van der Waals surface area (Å²) in [5, 5.41) is 2.55. The molecule has 4 rings (SSSR count). The van der Waals surface area contributed by atoms with Crippen molar-refractivity contribution in [3.8, 4) is 11.3 Å². The van der Waals surface area contributed by atoms with E-state index >= 15 is 0 Å². The van der Waals surface area contributed by atoms with Crippen LogP contribution in [0, 0.1) is 5.82 Å². The topological polar surface area (TPSA) is 127 Å². The summed E-state index contributed by atoms with van der Waals surface area (Å²) in [6.45, 7) is 7.83. The molecule has 2 amide bonds. The highest BCUT2D eigenvalue weighted by Crippen LogP contribution is 2.33. The number of hydrogen-bond acceptors (Lipinski definition) is 7. The zero-order chi connectivity index (χ0) is 28.2. The third kappa shape index (κ3) is 6.78. The molecule has 1 aromatic carbocycles. The molecule has 0 saturated carbocycles. The summed E-state index contributed by atoms with van der Waals surface area (Å²) in [5.41, 5.74) is 0.726. The van der Waals surface area contributed by atoms with Gasteiger partial charge in [-0.1, -0.05) is 12.1 Å². The molecule has 3 heterocycles. The van der Waals surface area contributed by atoms with E-state index < -0.39 is 35.4 Å². The third-order valence-electron chi connectivity index (χ3n) is 6.03. The average molecular weight is 538 g/mol. The quantitative estimate of drug-likeness (QED) is 0.398. The first-order chi connectivity index (χ1) is 18.6. The zero-order valence-electron chi connectivity index (χ0n) is 22.4. The van der Waals surface area contributed by atoms with Crippen LogP contribution in [0.5, 0.6) is 0 Å². The lowest BCUT2D eigenvalue weighted by molar-refractivity contribution is 0.00853. The molecule has 2 N–H and O–H groups in total. The number of aromatic amines is 1. The van der Waals surface area contributed by atoms with E-state index in [0.29, 0.717) is 35.6 Å². The first-order valence-corrected chi connectivity index (χ1v) is 12.9. The normalized spacial score (nSPS) is 15.5. The minimum Gasteiger partial charge on any atom is -0.461 e. The van der Waals surface area contributed by atoms with Gasteiger partial charge in [-0.2, -0.15) is 0 Å². The largest absolute Gasteiger partial charge is 0.461 e. The molecule has 1 aliphatic heterocycles. The van der Waals surface area contributed by atoms with Crippen LogP contribution in [0.15, 0.2) is 42.6 Å². The minimum absolute atomic E-state index is 0.0904. The minimum atomic E-state index is -0.651. The summed E-state index contributed by atoms with van der Waals surface area (Å²) in [6, 6.07) is 8.35. The molecule has 0 bridgehead atoms. The van der Waals surface area contributed by atoms with E-state index in [1.807, 2.05) is 20.8 Å². The van der Waals surface area contributed by atoms with Crippen LogP contribution in [0.3, 0.4) is 0 Å². The van der Waals surface area contributed by atoms with E-state index in [4.69, 9.17) is 14.5 Å². The fraction of sp³-hybridized carbons (Fsp3) is 0.393. The molecule has 0 spiro atoms. The molecule has 3 aromatic rings. The predicted molar refractivity (Wildman–Crippen MR) is 142 cm³/mol. The molecule has 11 heteroatoms. The molecular formula is C28H32FN5O5. The Balaban J connectivity index is 1.63. The molecule has 0 aliphatic carbocycles. The van der Waals surface area contributed by atoms with Crippen molar-refractivity contribution in [2.45, 2.75) is 58.6 Å². The highest BCUT2D eigenvalue weighted by molar-refractivity contribution is 6.04. The number of benzene rings is 1. The van der Waals surface area contributed by atoms with Gasteiger partial charge in [0.1, 0.15) is 28.8 Å². The second kappa shape index (κ2) is 11.6. The van der Waals surface area contributed by atoms with Crippen molar-refractivity contribution in [1.29, 1.82) is 0 Å². The van der Waals surface area contributed by atoms with Crippen LogP contribution in [0.1, 0.15) is 79.7 Å². The molecule has 2 aromatic heterocycles.